The molecule has 4 unspecified atom stereocenters. The van der Waals surface area contributed by atoms with E-state index in [9.17, 15) is 4.79 Å². The van der Waals surface area contributed by atoms with E-state index in [0.29, 0.717) is 11.3 Å². The van der Waals surface area contributed by atoms with Crippen molar-refractivity contribution < 1.29 is 9.53 Å². The van der Waals surface area contributed by atoms with Gasteiger partial charge in [0, 0.05) is 0 Å². The molecule has 4 atom stereocenters. The molecule has 2 nitrogen and oxygen atoms in total. The van der Waals surface area contributed by atoms with E-state index < -0.39 is 0 Å². The minimum Gasteiger partial charge on any atom is -0.459 e. The zero-order valence-corrected chi connectivity index (χ0v) is 10.8. The third-order valence-corrected chi connectivity index (χ3v) is 5.96. The van der Waals surface area contributed by atoms with Crippen LogP contribution in [-0.2, 0) is 9.53 Å². The molecular formula is C14H22O2. The Balaban J connectivity index is 2.12. The van der Waals surface area contributed by atoms with Gasteiger partial charge in [-0.3, -0.25) is 4.79 Å². The van der Waals surface area contributed by atoms with Gasteiger partial charge < -0.3 is 4.74 Å². The molecular weight excluding hydrogens is 200 g/mol. The lowest BCUT2D eigenvalue weighted by Crippen LogP contribution is -2.55. The lowest BCUT2D eigenvalue weighted by Gasteiger charge is -2.59. The molecule has 0 spiro atoms. The molecule has 90 valence electrons. The Morgan fingerprint density at radius 2 is 1.88 bits per heavy atom. The Bertz CT molecular complexity index is 360. The molecule has 4 aliphatic rings. The average Bonchev–Trinajstić information content (AvgIpc) is 2.24. The van der Waals surface area contributed by atoms with E-state index in [1.165, 1.54) is 0 Å². The van der Waals surface area contributed by atoms with E-state index in [0.717, 1.165) is 25.7 Å². The lowest BCUT2D eigenvalue weighted by molar-refractivity contribution is -0.165. The van der Waals surface area contributed by atoms with Gasteiger partial charge in [0.25, 0.3) is 0 Å². The summed E-state index contributed by atoms with van der Waals surface area (Å²) in [6.45, 7) is 9.29. The van der Waals surface area contributed by atoms with Crippen molar-refractivity contribution in [3.8, 4) is 0 Å². The summed E-state index contributed by atoms with van der Waals surface area (Å²) in [5.74, 6) is 0.901. The molecule has 4 bridgehead atoms. The fourth-order valence-electron chi connectivity index (χ4n) is 4.66. The number of esters is 1. The Morgan fingerprint density at radius 3 is 2.50 bits per heavy atom. The van der Waals surface area contributed by atoms with E-state index >= 15 is 0 Å². The van der Waals surface area contributed by atoms with Crippen LogP contribution in [0, 0.1) is 22.7 Å². The largest absolute Gasteiger partial charge is 0.459 e. The van der Waals surface area contributed by atoms with Crippen molar-refractivity contribution >= 4 is 5.97 Å². The molecule has 0 aromatic heterocycles. The summed E-state index contributed by atoms with van der Waals surface area (Å²) in [7, 11) is 0. The van der Waals surface area contributed by atoms with Crippen molar-refractivity contribution in [2.75, 3.05) is 0 Å². The first-order valence-corrected chi connectivity index (χ1v) is 6.49. The topological polar surface area (TPSA) is 26.3 Å². The second-order valence-corrected chi connectivity index (χ2v) is 7.37. The summed E-state index contributed by atoms with van der Waals surface area (Å²) in [4.78, 5) is 12.0. The van der Waals surface area contributed by atoms with Crippen molar-refractivity contribution in [1.82, 2.24) is 0 Å². The first-order valence-electron chi connectivity index (χ1n) is 6.49. The number of ether oxygens (including phenoxy) is 1. The minimum absolute atomic E-state index is 0.0734. The number of fused-ring (bicyclic) bond motifs is 1. The van der Waals surface area contributed by atoms with Crippen LogP contribution in [0.4, 0.5) is 0 Å². The van der Waals surface area contributed by atoms with Gasteiger partial charge in [-0.2, -0.15) is 0 Å². The summed E-state index contributed by atoms with van der Waals surface area (Å²) in [5, 5.41) is 0. The summed E-state index contributed by atoms with van der Waals surface area (Å²) < 4.78 is 5.74. The van der Waals surface area contributed by atoms with Crippen molar-refractivity contribution in [1.29, 1.82) is 0 Å². The zero-order valence-electron chi connectivity index (χ0n) is 10.8. The van der Waals surface area contributed by atoms with Crippen molar-refractivity contribution in [3.63, 3.8) is 0 Å². The molecule has 0 amide bonds. The second kappa shape index (κ2) is 2.65. The predicted molar refractivity (Wildman–Crippen MR) is 61.8 cm³/mol. The third-order valence-electron chi connectivity index (χ3n) is 5.96. The Morgan fingerprint density at radius 1 is 1.19 bits per heavy atom. The van der Waals surface area contributed by atoms with E-state index in [1.807, 2.05) is 0 Å². The van der Waals surface area contributed by atoms with Gasteiger partial charge in [0.15, 0.2) is 0 Å². The molecule has 4 rings (SSSR count). The molecule has 2 saturated carbocycles. The van der Waals surface area contributed by atoms with E-state index in [4.69, 9.17) is 4.74 Å². The van der Waals surface area contributed by atoms with Gasteiger partial charge in [-0.15, -0.1) is 0 Å². The van der Waals surface area contributed by atoms with E-state index in [1.54, 1.807) is 0 Å². The van der Waals surface area contributed by atoms with Crippen LogP contribution in [0.15, 0.2) is 0 Å². The fourth-order valence-corrected chi connectivity index (χ4v) is 4.66. The highest BCUT2D eigenvalue weighted by molar-refractivity contribution is 5.74. The van der Waals surface area contributed by atoms with Crippen LogP contribution in [0.3, 0.4) is 0 Å². The minimum atomic E-state index is -0.183. The molecule has 0 N–H and O–H groups in total. The number of carbonyl (C=O) groups excluding carboxylic acids is 1. The maximum atomic E-state index is 12.0. The van der Waals surface area contributed by atoms with Crippen molar-refractivity contribution in [2.24, 2.45) is 22.7 Å². The SMILES string of the molecule is CC12CC3CC(CC(C)(C1)C3(C)C)C(=O)O2. The highest BCUT2D eigenvalue weighted by atomic mass is 16.6. The van der Waals surface area contributed by atoms with Gasteiger partial charge in [-0.1, -0.05) is 20.8 Å². The highest BCUT2D eigenvalue weighted by Crippen LogP contribution is 2.66. The van der Waals surface area contributed by atoms with Gasteiger partial charge in [0.1, 0.15) is 5.60 Å². The summed E-state index contributed by atoms with van der Waals surface area (Å²) in [6, 6.07) is 0. The van der Waals surface area contributed by atoms with Crippen LogP contribution >= 0.6 is 0 Å². The average molecular weight is 222 g/mol. The molecule has 0 radical (unpaired) electrons. The molecule has 4 fully saturated rings. The second-order valence-electron chi connectivity index (χ2n) is 7.37. The Kier molecular flexibility index (Phi) is 1.76. The fraction of sp³-hybridized carbons (Fsp3) is 0.929. The molecule has 0 aromatic rings. The predicted octanol–water partition coefficient (Wildman–Crippen LogP) is 3.15. The van der Waals surface area contributed by atoms with E-state index in [2.05, 4.69) is 27.7 Å². The molecule has 2 aliphatic heterocycles. The first-order chi connectivity index (χ1) is 7.26. The molecule has 2 heteroatoms. The molecule has 2 aliphatic carbocycles. The normalized spacial score (nSPS) is 53.6. The number of hydrogen-bond donors (Lipinski definition) is 0. The smallest absolute Gasteiger partial charge is 0.309 e. The van der Waals surface area contributed by atoms with Crippen LogP contribution in [0.2, 0.25) is 0 Å². The maximum Gasteiger partial charge on any atom is 0.309 e. The van der Waals surface area contributed by atoms with Crippen molar-refractivity contribution in [2.45, 2.75) is 59.0 Å². The third kappa shape index (κ3) is 1.11. The van der Waals surface area contributed by atoms with Crippen LogP contribution in [0.25, 0.3) is 0 Å². The van der Waals surface area contributed by atoms with Gasteiger partial charge in [0.05, 0.1) is 5.92 Å². The summed E-state index contributed by atoms with van der Waals surface area (Å²) >= 11 is 0. The van der Waals surface area contributed by atoms with Gasteiger partial charge in [-0.25, -0.2) is 0 Å². The Hall–Kier alpha value is -0.530. The Labute approximate surface area is 97.7 Å². The number of hydrogen-bond acceptors (Lipinski definition) is 2. The molecule has 16 heavy (non-hydrogen) atoms. The highest BCUT2D eigenvalue weighted by Gasteiger charge is 2.63. The monoisotopic (exact) mass is 222 g/mol. The van der Waals surface area contributed by atoms with Crippen LogP contribution < -0.4 is 0 Å². The molecule has 0 aromatic carbocycles. The van der Waals surface area contributed by atoms with Gasteiger partial charge >= 0.3 is 5.97 Å². The van der Waals surface area contributed by atoms with Crippen LogP contribution in [-0.4, -0.2) is 11.6 Å². The number of carbonyl (C=O) groups is 1. The molecule has 2 heterocycles. The molecule has 2 saturated heterocycles. The maximum absolute atomic E-state index is 12.0. The first kappa shape index (κ1) is 10.6. The van der Waals surface area contributed by atoms with Crippen LogP contribution in [0.5, 0.6) is 0 Å². The van der Waals surface area contributed by atoms with Crippen molar-refractivity contribution in [3.05, 3.63) is 0 Å². The van der Waals surface area contributed by atoms with Crippen LogP contribution in [0.1, 0.15) is 53.4 Å². The zero-order chi connectivity index (χ0) is 11.8. The van der Waals surface area contributed by atoms with Gasteiger partial charge in [0.2, 0.25) is 0 Å². The van der Waals surface area contributed by atoms with E-state index in [-0.39, 0.29) is 22.9 Å². The van der Waals surface area contributed by atoms with Gasteiger partial charge in [-0.05, 0) is 49.4 Å². The summed E-state index contributed by atoms with van der Waals surface area (Å²) in [5.41, 5.74) is 0.452. The lowest BCUT2D eigenvalue weighted by atomic mass is 9.45. The summed E-state index contributed by atoms with van der Waals surface area (Å²) in [6.07, 6.45) is 4.20. The standard InChI is InChI=1S/C14H22O2/c1-12(2)10-5-9-6-13(12,3)8-14(4,7-10)16-11(9)15/h9-10H,5-8H2,1-4H3. The number of rotatable bonds is 0. The quantitative estimate of drug-likeness (QED) is 0.588.